The Hall–Kier alpha value is -1.07. The quantitative estimate of drug-likeness (QED) is 0.740. The first-order chi connectivity index (χ1) is 9.13. The van der Waals surface area contributed by atoms with Gasteiger partial charge in [0.1, 0.15) is 18.2 Å². The van der Waals surface area contributed by atoms with Gasteiger partial charge in [-0.05, 0) is 30.3 Å². The number of rotatable bonds is 5. The van der Waals surface area contributed by atoms with Gasteiger partial charge in [-0.2, -0.15) is 0 Å². The summed E-state index contributed by atoms with van der Waals surface area (Å²) in [7, 11) is 0. The Morgan fingerprint density at radius 2 is 1.89 bits per heavy atom. The first kappa shape index (κ1) is 14.3. The minimum Gasteiger partial charge on any atom is -0.492 e. The van der Waals surface area contributed by atoms with Crippen molar-refractivity contribution in [2.45, 2.75) is 0 Å². The van der Waals surface area contributed by atoms with Crippen LogP contribution in [-0.2, 0) is 0 Å². The van der Waals surface area contributed by atoms with Gasteiger partial charge in [0, 0.05) is 27.2 Å². The Labute approximate surface area is 128 Å². The number of hydrogen-bond acceptors (Lipinski definition) is 2. The van der Waals surface area contributed by atoms with Crippen molar-refractivity contribution in [3.63, 3.8) is 0 Å². The summed E-state index contributed by atoms with van der Waals surface area (Å²) in [5, 5.41) is 3.22. The van der Waals surface area contributed by atoms with Crippen molar-refractivity contribution in [2.75, 3.05) is 18.5 Å². The van der Waals surface area contributed by atoms with Crippen LogP contribution in [-0.4, -0.2) is 13.2 Å². The molecule has 0 amide bonds. The van der Waals surface area contributed by atoms with Crippen LogP contribution >= 0.6 is 31.9 Å². The van der Waals surface area contributed by atoms with E-state index < -0.39 is 0 Å². The van der Waals surface area contributed by atoms with E-state index >= 15 is 0 Å². The van der Waals surface area contributed by atoms with E-state index in [1.54, 1.807) is 6.07 Å². The maximum atomic E-state index is 13.1. The third-order valence-electron chi connectivity index (χ3n) is 2.36. The van der Waals surface area contributed by atoms with Crippen LogP contribution in [0.4, 0.5) is 10.1 Å². The third-order valence-corrected chi connectivity index (χ3v) is 3.31. The highest BCUT2D eigenvalue weighted by atomic mass is 79.9. The molecule has 0 saturated carbocycles. The molecule has 0 radical (unpaired) electrons. The average Bonchev–Trinajstić information content (AvgIpc) is 2.34. The molecule has 0 spiro atoms. The SMILES string of the molecule is Fc1cc(Br)cc(OCCNc2cccc(Br)c2)c1. The van der Waals surface area contributed by atoms with Crippen molar-refractivity contribution >= 4 is 37.5 Å². The summed E-state index contributed by atoms with van der Waals surface area (Å²) in [4.78, 5) is 0. The van der Waals surface area contributed by atoms with Crippen molar-refractivity contribution in [1.82, 2.24) is 0 Å². The zero-order valence-electron chi connectivity index (χ0n) is 10.00. The first-order valence-electron chi connectivity index (χ1n) is 5.72. The van der Waals surface area contributed by atoms with Crippen molar-refractivity contribution < 1.29 is 9.13 Å². The fourth-order valence-electron chi connectivity index (χ4n) is 1.57. The topological polar surface area (TPSA) is 21.3 Å². The summed E-state index contributed by atoms with van der Waals surface area (Å²) in [6, 6.07) is 12.4. The van der Waals surface area contributed by atoms with Crippen molar-refractivity contribution in [1.29, 1.82) is 0 Å². The van der Waals surface area contributed by atoms with Crippen LogP contribution < -0.4 is 10.1 Å². The van der Waals surface area contributed by atoms with Gasteiger partial charge in [0.15, 0.2) is 0 Å². The Kier molecular flexibility index (Phi) is 5.22. The van der Waals surface area contributed by atoms with E-state index in [9.17, 15) is 4.39 Å². The van der Waals surface area contributed by atoms with E-state index in [1.165, 1.54) is 12.1 Å². The average molecular weight is 389 g/mol. The zero-order chi connectivity index (χ0) is 13.7. The van der Waals surface area contributed by atoms with Gasteiger partial charge in [-0.25, -0.2) is 4.39 Å². The first-order valence-corrected chi connectivity index (χ1v) is 7.30. The maximum Gasteiger partial charge on any atom is 0.128 e. The number of ether oxygens (including phenoxy) is 1. The molecule has 0 aromatic heterocycles. The minimum atomic E-state index is -0.315. The second kappa shape index (κ2) is 6.91. The molecule has 0 aliphatic heterocycles. The smallest absolute Gasteiger partial charge is 0.128 e. The van der Waals surface area contributed by atoms with Gasteiger partial charge in [-0.3, -0.25) is 0 Å². The fraction of sp³-hybridized carbons (Fsp3) is 0.143. The Morgan fingerprint density at radius 1 is 1.05 bits per heavy atom. The van der Waals surface area contributed by atoms with Crippen LogP contribution in [0.15, 0.2) is 51.4 Å². The number of benzene rings is 2. The molecule has 2 nitrogen and oxygen atoms in total. The molecule has 0 fully saturated rings. The van der Waals surface area contributed by atoms with Crippen LogP contribution in [0.1, 0.15) is 0 Å². The summed E-state index contributed by atoms with van der Waals surface area (Å²) in [6.45, 7) is 1.10. The van der Waals surface area contributed by atoms with E-state index in [0.29, 0.717) is 23.4 Å². The van der Waals surface area contributed by atoms with E-state index in [0.717, 1.165) is 10.2 Å². The second-order valence-corrected chi connectivity index (χ2v) is 5.72. The second-order valence-electron chi connectivity index (χ2n) is 3.89. The molecule has 0 saturated heterocycles. The Bertz CT molecular complexity index is 543. The van der Waals surface area contributed by atoms with Crippen LogP contribution in [0.3, 0.4) is 0 Å². The van der Waals surface area contributed by atoms with Gasteiger partial charge in [0.25, 0.3) is 0 Å². The largest absolute Gasteiger partial charge is 0.492 e. The molecule has 0 heterocycles. The molecular formula is C14H12Br2FNO. The fourth-order valence-corrected chi connectivity index (χ4v) is 2.42. The Morgan fingerprint density at radius 3 is 2.63 bits per heavy atom. The summed E-state index contributed by atoms with van der Waals surface area (Å²) < 4.78 is 20.3. The maximum absolute atomic E-state index is 13.1. The van der Waals surface area contributed by atoms with E-state index in [4.69, 9.17) is 4.74 Å². The van der Waals surface area contributed by atoms with Gasteiger partial charge in [0.2, 0.25) is 0 Å². The van der Waals surface area contributed by atoms with Gasteiger partial charge >= 0.3 is 0 Å². The molecule has 0 bridgehead atoms. The van der Waals surface area contributed by atoms with Crippen molar-refractivity contribution in [2.24, 2.45) is 0 Å². The van der Waals surface area contributed by atoms with Crippen molar-refractivity contribution in [3.05, 3.63) is 57.2 Å². The van der Waals surface area contributed by atoms with E-state index in [-0.39, 0.29) is 5.82 Å². The van der Waals surface area contributed by atoms with E-state index in [1.807, 2.05) is 24.3 Å². The van der Waals surface area contributed by atoms with Crippen LogP contribution in [0.5, 0.6) is 5.75 Å². The molecule has 2 aromatic carbocycles. The molecule has 0 aliphatic carbocycles. The minimum absolute atomic E-state index is 0.315. The summed E-state index contributed by atoms with van der Waals surface area (Å²) >= 11 is 6.63. The van der Waals surface area contributed by atoms with Gasteiger partial charge in [-0.15, -0.1) is 0 Å². The molecule has 5 heteroatoms. The molecule has 0 atom stereocenters. The highest BCUT2D eigenvalue weighted by Crippen LogP contribution is 2.20. The number of nitrogens with one attached hydrogen (secondary N) is 1. The molecule has 0 aliphatic rings. The molecule has 1 N–H and O–H groups in total. The zero-order valence-corrected chi connectivity index (χ0v) is 13.2. The van der Waals surface area contributed by atoms with E-state index in [2.05, 4.69) is 37.2 Å². The molecule has 19 heavy (non-hydrogen) atoms. The molecule has 100 valence electrons. The van der Waals surface area contributed by atoms with Crippen LogP contribution in [0.2, 0.25) is 0 Å². The molecule has 0 unspecified atom stereocenters. The predicted molar refractivity (Wildman–Crippen MR) is 82.2 cm³/mol. The lowest BCUT2D eigenvalue weighted by molar-refractivity contribution is 0.331. The summed E-state index contributed by atoms with van der Waals surface area (Å²) in [5.41, 5.74) is 1.01. The molecule has 2 aromatic rings. The predicted octanol–water partition coefficient (Wildman–Crippen LogP) is 4.84. The lowest BCUT2D eigenvalue weighted by atomic mass is 10.3. The monoisotopic (exact) mass is 387 g/mol. The molecule has 2 rings (SSSR count). The van der Waals surface area contributed by atoms with Gasteiger partial charge < -0.3 is 10.1 Å². The third kappa shape index (κ3) is 4.84. The summed E-state index contributed by atoms with van der Waals surface area (Å²) in [6.07, 6.45) is 0. The van der Waals surface area contributed by atoms with Crippen LogP contribution in [0, 0.1) is 5.82 Å². The van der Waals surface area contributed by atoms with Crippen LogP contribution in [0.25, 0.3) is 0 Å². The van der Waals surface area contributed by atoms with Crippen molar-refractivity contribution in [3.8, 4) is 5.75 Å². The standard InChI is InChI=1S/C14H12Br2FNO/c15-10-2-1-3-13(7-10)18-4-5-19-14-8-11(16)6-12(17)9-14/h1-3,6-9,18H,4-5H2. The number of hydrogen-bond donors (Lipinski definition) is 1. The number of anilines is 1. The van der Waals surface area contributed by atoms with Gasteiger partial charge in [-0.1, -0.05) is 37.9 Å². The van der Waals surface area contributed by atoms with Gasteiger partial charge in [0.05, 0.1) is 0 Å². The molecular weight excluding hydrogens is 377 g/mol. The number of halogens is 3. The summed E-state index contributed by atoms with van der Waals surface area (Å²) in [5.74, 6) is 0.201. The highest BCUT2D eigenvalue weighted by molar-refractivity contribution is 9.10. The lowest BCUT2D eigenvalue weighted by Crippen LogP contribution is -2.11. The Balaban J connectivity index is 1.80. The normalized spacial score (nSPS) is 10.3. The lowest BCUT2D eigenvalue weighted by Gasteiger charge is -2.09. The highest BCUT2D eigenvalue weighted by Gasteiger charge is 2.00.